The molecule has 0 fully saturated rings. The van der Waals surface area contributed by atoms with Crippen LogP contribution in [0.4, 0.5) is 0 Å². The van der Waals surface area contributed by atoms with Crippen molar-refractivity contribution in [2.75, 3.05) is 0 Å². The summed E-state index contributed by atoms with van der Waals surface area (Å²) in [5.41, 5.74) is -0.234. The van der Waals surface area contributed by atoms with Crippen LogP contribution in [0.15, 0.2) is 33.5 Å². The van der Waals surface area contributed by atoms with E-state index in [1.807, 2.05) is 6.07 Å². The van der Waals surface area contributed by atoms with Gasteiger partial charge in [-0.15, -0.1) is 0 Å². The van der Waals surface area contributed by atoms with Gasteiger partial charge >= 0.3 is 0 Å². The van der Waals surface area contributed by atoms with E-state index in [2.05, 4.69) is 20.9 Å². The standard InChI is InChI=1S/C12H9BrN2O3/c1-15-11(7-3-2-4-8(13)5-7)14-9(6-16)10(17)12(15)18/h2-6,17H,1H3. The predicted octanol–water partition coefficient (Wildman–Crippen LogP) is 1.73. The van der Waals surface area contributed by atoms with Crippen LogP contribution in [0, 0.1) is 0 Å². The fourth-order valence-electron chi connectivity index (χ4n) is 1.57. The Hall–Kier alpha value is -1.95. The van der Waals surface area contributed by atoms with Gasteiger partial charge in [-0.3, -0.25) is 14.2 Å². The number of aldehydes is 1. The highest BCUT2D eigenvalue weighted by Crippen LogP contribution is 2.21. The molecule has 2 aromatic rings. The third-order valence-corrected chi connectivity index (χ3v) is 2.98. The first kappa shape index (κ1) is 12.5. The summed E-state index contributed by atoms with van der Waals surface area (Å²) in [5, 5.41) is 9.47. The third kappa shape index (κ3) is 2.06. The highest BCUT2D eigenvalue weighted by Gasteiger charge is 2.14. The number of halogens is 1. The normalized spacial score (nSPS) is 10.3. The van der Waals surface area contributed by atoms with Gasteiger partial charge in [0.1, 0.15) is 5.82 Å². The van der Waals surface area contributed by atoms with Gasteiger partial charge in [-0.25, -0.2) is 4.98 Å². The molecule has 0 amide bonds. The summed E-state index contributed by atoms with van der Waals surface area (Å²) in [4.78, 5) is 26.5. The highest BCUT2D eigenvalue weighted by atomic mass is 79.9. The molecule has 0 aliphatic heterocycles. The summed E-state index contributed by atoms with van der Waals surface area (Å²) >= 11 is 3.32. The lowest BCUT2D eigenvalue weighted by atomic mass is 10.2. The van der Waals surface area contributed by atoms with Gasteiger partial charge in [0.15, 0.2) is 12.0 Å². The van der Waals surface area contributed by atoms with E-state index in [9.17, 15) is 14.7 Å². The van der Waals surface area contributed by atoms with Crippen LogP contribution in [0.2, 0.25) is 0 Å². The van der Waals surface area contributed by atoms with Crippen molar-refractivity contribution in [3.05, 3.63) is 44.8 Å². The van der Waals surface area contributed by atoms with Gasteiger partial charge < -0.3 is 5.11 Å². The summed E-state index contributed by atoms with van der Waals surface area (Å²) in [5.74, 6) is -0.313. The Kier molecular flexibility index (Phi) is 3.29. The molecular formula is C12H9BrN2O3. The first-order valence-corrected chi connectivity index (χ1v) is 5.85. The Morgan fingerprint density at radius 3 is 2.78 bits per heavy atom. The maximum Gasteiger partial charge on any atom is 0.296 e. The molecule has 0 atom stereocenters. The lowest BCUT2D eigenvalue weighted by Gasteiger charge is -2.09. The van der Waals surface area contributed by atoms with Crippen molar-refractivity contribution in [1.29, 1.82) is 0 Å². The molecular weight excluding hydrogens is 300 g/mol. The van der Waals surface area contributed by atoms with E-state index >= 15 is 0 Å². The number of hydrogen-bond acceptors (Lipinski definition) is 4. The Morgan fingerprint density at radius 2 is 2.17 bits per heavy atom. The fraction of sp³-hybridized carbons (Fsp3) is 0.0833. The molecule has 0 radical (unpaired) electrons. The molecule has 5 nitrogen and oxygen atoms in total. The van der Waals surface area contributed by atoms with E-state index in [0.29, 0.717) is 17.7 Å². The van der Waals surface area contributed by atoms with Crippen molar-refractivity contribution in [2.24, 2.45) is 7.05 Å². The Bertz CT molecular complexity index is 680. The van der Waals surface area contributed by atoms with Crippen molar-refractivity contribution < 1.29 is 9.90 Å². The second kappa shape index (κ2) is 4.73. The minimum atomic E-state index is -0.651. The SMILES string of the molecule is Cn1c(-c2cccc(Br)c2)nc(C=O)c(O)c1=O. The molecule has 0 bridgehead atoms. The van der Waals surface area contributed by atoms with Gasteiger partial charge in [0, 0.05) is 17.1 Å². The second-order valence-electron chi connectivity index (χ2n) is 3.66. The average molecular weight is 309 g/mol. The van der Waals surface area contributed by atoms with Crippen LogP contribution in [0.3, 0.4) is 0 Å². The number of nitrogens with zero attached hydrogens (tertiary/aromatic N) is 2. The Labute approximate surface area is 111 Å². The van der Waals surface area contributed by atoms with E-state index in [0.717, 1.165) is 4.47 Å². The van der Waals surface area contributed by atoms with E-state index in [4.69, 9.17) is 0 Å². The molecule has 0 unspecified atom stereocenters. The number of carbonyl (C=O) groups is 1. The largest absolute Gasteiger partial charge is 0.501 e. The summed E-state index contributed by atoms with van der Waals surface area (Å²) in [6.45, 7) is 0. The van der Waals surface area contributed by atoms with Crippen molar-refractivity contribution >= 4 is 22.2 Å². The Balaban J connectivity index is 2.76. The smallest absolute Gasteiger partial charge is 0.296 e. The molecule has 0 aliphatic rings. The molecule has 2 rings (SSSR count). The average Bonchev–Trinajstić information content (AvgIpc) is 2.36. The van der Waals surface area contributed by atoms with Gasteiger partial charge in [0.05, 0.1) is 0 Å². The van der Waals surface area contributed by atoms with E-state index < -0.39 is 11.3 Å². The zero-order valence-corrected chi connectivity index (χ0v) is 11.0. The van der Waals surface area contributed by atoms with Crippen molar-refractivity contribution in [1.82, 2.24) is 9.55 Å². The molecule has 1 heterocycles. The zero-order chi connectivity index (χ0) is 13.3. The highest BCUT2D eigenvalue weighted by molar-refractivity contribution is 9.10. The number of aromatic hydroxyl groups is 1. The quantitative estimate of drug-likeness (QED) is 0.858. The Morgan fingerprint density at radius 1 is 1.44 bits per heavy atom. The van der Waals surface area contributed by atoms with E-state index in [1.165, 1.54) is 11.6 Å². The van der Waals surface area contributed by atoms with Gasteiger partial charge in [-0.1, -0.05) is 28.1 Å². The number of aromatic nitrogens is 2. The van der Waals surface area contributed by atoms with Crippen molar-refractivity contribution in [3.8, 4) is 17.1 Å². The molecule has 0 saturated carbocycles. The molecule has 92 valence electrons. The van der Waals surface area contributed by atoms with Gasteiger partial charge in [0.2, 0.25) is 5.75 Å². The van der Waals surface area contributed by atoms with E-state index in [1.54, 1.807) is 18.2 Å². The van der Waals surface area contributed by atoms with Crippen LogP contribution >= 0.6 is 15.9 Å². The van der Waals surface area contributed by atoms with Crippen LogP contribution in [-0.4, -0.2) is 20.9 Å². The predicted molar refractivity (Wildman–Crippen MR) is 69.7 cm³/mol. The monoisotopic (exact) mass is 308 g/mol. The van der Waals surface area contributed by atoms with Gasteiger partial charge in [0.25, 0.3) is 5.56 Å². The first-order valence-electron chi connectivity index (χ1n) is 5.05. The fourth-order valence-corrected chi connectivity index (χ4v) is 1.97. The number of benzene rings is 1. The van der Waals surface area contributed by atoms with Crippen molar-refractivity contribution in [3.63, 3.8) is 0 Å². The molecule has 6 heteroatoms. The molecule has 1 aromatic heterocycles. The number of hydrogen-bond donors (Lipinski definition) is 1. The lowest BCUT2D eigenvalue weighted by Crippen LogP contribution is -2.21. The van der Waals surface area contributed by atoms with Gasteiger partial charge in [-0.05, 0) is 12.1 Å². The maximum atomic E-state index is 11.7. The third-order valence-electron chi connectivity index (χ3n) is 2.49. The molecule has 0 spiro atoms. The van der Waals surface area contributed by atoms with Crippen LogP contribution in [-0.2, 0) is 7.05 Å². The molecule has 0 aliphatic carbocycles. The van der Waals surface area contributed by atoms with Crippen LogP contribution in [0.1, 0.15) is 10.5 Å². The maximum absolute atomic E-state index is 11.7. The van der Waals surface area contributed by atoms with Crippen LogP contribution in [0.5, 0.6) is 5.75 Å². The minimum Gasteiger partial charge on any atom is -0.501 e. The summed E-state index contributed by atoms with van der Waals surface area (Å²) in [6, 6.07) is 7.16. The molecule has 18 heavy (non-hydrogen) atoms. The first-order chi connectivity index (χ1) is 8.54. The second-order valence-corrected chi connectivity index (χ2v) is 4.58. The summed E-state index contributed by atoms with van der Waals surface area (Å²) in [7, 11) is 1.49. The summed E-state index contributed by atoms with van der Waals surface area (Å²) < 4.78 is 2.03. The molecule has 1 aromatic carbocycles. The zero-order valence-electron chi connectivity index (χ0n) is 9.42. The van der Waals surface area contributed by atoms with Crippen molar-refractivity contribution in [2.45, 2.75) is 0 Å². The number of rotatable bonds is 2. The molecule has 0 saturated heterocycles. The van der Waals surface area contributed by atoms with E-state index in [-0.39, 0.29) is 5.69 Å². The summed E-state index contributed by atoms with van der Waals surface area (Å²) in [6.07, 6.45) is 0.359. The van der Waals surface area contributed by atoms with Crippen LogP contribution in [0.25, 0.3) is 11.4 Å². The lowest BCUT2D eigenvalue weighted by molar-refractivity contribution is 0.111. The molecule has 1 N–H and O–H groups in total. The minimum absolute atomic E-state index is 0.256. The topological polar surface area (TPSA) is 72.2 Å². The number of carbonyl (C=O) groups excluding carboxylic acids is 1. The van der Waals surface area contributed by atoms with Crippen LogP contribution < -0.4 is 5.56 Å². The van der Waals surface area contributed by atoms with Gasteiger partial charge in [-0.2, -0.15) is 0 Å².